The summed E-state index contributed by atoms with van der Waals surface area (Å²) in [6.45, 7) is 10.4. The van der Waals surface area contributed by atoms with Crippen LogP contribution in [0.4, 0.5) is 0 Å². The van der Waals surface area contributed by atoms with E-state index >= 15 is 0 Å². The molecule has 0 spiro atoms. The van der Waals surface area contributed by atoms with Crippen molar-refractivity contribution in [1.82, 2.24) is 20.4 Å². The van der Waals surface area contributed by atoms with Crippen molar-refractivity contribution in [2.75, 3.05) is 19.6 Å². The molecule has 102 valence electrons. The summed E-state index contributed by atoms with van der Waals surface area (Å²) in [6.07, 6.45) is 2.57. The highest BCUT2D eigenvalue weighted by Crippen LogP contribution is 2.11. The van der Waals surface area contributed by atoms with Crippen LogP contribution >= 0.6 is 0 Å². The molecule has 1 aliphatic rings. The van der Waals surface area contributed by atoms with E-state index in [4.69, 9.17) is 4.52 Å². The highest BCUT2D eigenvalue weighted by molar-refractivity contribution is 4.86. The van der Waals surface area contributed by atoms with Crippen molar-refractivity contribution in [3.8, 4) is 0 Å². The average molecular weight is 252 g/mol. The van der Waals surface area contributed by atoms with E-state index in [0.29, 0.717) is 17.9 Å². The maximum absolute atomic E-state index is 5.04. The molecule has 0 aromatic carbocycles. The van der Waals surface area contributed by atoms with Crippen LogP contribution in [0.3, 0.4) is 0 Å². The molecule has 1 atom stereocenters. The SMILES string of the molecule is Cc1nc(CN(CC(C)C)CC2CCCN2)no1. The first-order valence-electron chi connectivity index (χ1n) is 6.88. The van der Waals surface area contributed by atoms with Gasteiger partial charge in [0.05, 0.1) is 6.54 Å². The second kappa shape index (κ2) is 6.29. The Labute approximate surface area is 109 Å². The minimum absolute atomic E-state index is 0.622. The molecule has 2 heterocycles. The third kappa shape index (κ3) is 4.07. The summed E-state index contributed by atoms with van der Waals surface area (Å²) in [6, 6.07) is 0.622. The number of aryl methyl sites for hydroxylation is 1. The van der Waals surface area contributed by atoms with Gasteiger partial charge in [0.15, 0.2) is 5.82 Å². The minimum atomic E-state index is 0.622. The minimum Gasteiger partial charge on any atom is -0.340 e. The maximum atomic E-state index is 5.04. The first-order valence-corrected chi connectivity index (χ1v) is 6.88. The number of nitrogens with zero attached hydrogens (tertiary/aromatic N) is 3. The first kappa shape index (κ1) is 13.5. The zero-order chi connectivity index (χ0) is 13.0. The Morgan fingerprint density at radius 1 is 1.50 bits per heavy atom. The quantitative estimate of drug-likeness (QED) is 0.833. The molecule has 18 heavy (non-hydrogen) atoms. The van der Waals surface area contributed by atoms with Gasteiger partial charge in [-0.3, -0.25) is 4.90 Å². The molecular formula is C13H24N4O. The normalized spacial score (nSPS) is 20.2. The summed E-state index contributed by atoms with van der Waals surface area (Å²) in [5.74, 6) is 2.10. The third-order valence-corrected chi connectivity index (χ3v) is 3.20. The molecular weight excluding hydrogens is 228 g/mol. The van der Waals surface area contributed by atoms with Crippen LogP contribution in [0.15, 0.2) is 4.52 Å². The van der Waals surface area contributed by atoms with Gasteiger partial charge in [0, 0.05) is 26.1 Å². The van der Waals surface area contributed by atoms with Gasteiger partial charge >= 0.3 is 0 Å². The monoisotopic (exact) mass is 252 g/mol. The van der Waals surface area contributed by atoms with Crippen LogP contribution in [-0.4, -0.2) is 40.7 Å². The summed E-state index contributed by atoms with van der Waals surface area (Å²) in [5, 5.41) is 7.53. The fourth-order valence-electron chi connectivity index (χ4n) is 2.55. The van der Waals surface area contributed by atoms with E-state index in [0.717, 1.165) is 32.0 Å². The third-order valence-electron chi connectivity index (χ3n) is 3.20. The van der Waals surface area contributed by atoms with Crippen molar-refractivity contribution in [2.24, 2.45) is 5.92 Å². The summed E-state index contributed by atoms with van der Waals surface area (Å²) in [5.41, 5.74) is 0. The summed E-state index contributed by atoms with van der Waals surface area (Å²) in [4.78, 5) is 6.72. The highest BCUT2D eigenvalue weighted by Gasteiger charge is 2.19. The van der Waals surface area contributed by atoms with Crippen LogP contribution < -0.4 is 5.32 Å². The summed E-state index contributed by atoms with van der Waals surface area (Å²) < 4.78 is 5.04. The largest absolute Gasteiger partial charge is 0.340 e. The van der Waals surface area contributed by atoms with Gasteiger partial charge in [0.2, 0.25) is 5.89 Å². The van der Waals surface area contributed by atoms with E-state index in [1.807, 2.05) is 6.92 Å². The van der Waals surface area contributed by atoms with Crippen molar-refractivity contribution >= 4 is 0 Å². The van der Waals surface area contributed by atoms with E-state index in [1.165, 1.54) is 12.8 Å². The van der Waals surface area contributed by atoms with E-state index < -0.39 is 0 Å². The number of rotatable bonds is 6. The summed E-state index contributed by atoms with van der Waals surface area (Å²) in [7, 11) is 0. The number of hydrogen-bond acceptors (Lipinski definition) is 5. The molecule has 1 saturated heterocycles. The molecule has 1 unspecified atom stereocenters. The summed E-state index contributed by atoms with van der Waals surface area (Å²) >= 11 is 0. The average Bonchev–Trinajstić information content (AvgIpc) is 2.89. The lowest BCUT2D eigenvalue weighted by Gasteiger charge is -2.25. The van der Waals surface area contributed by atoms with Gasteiger partial charge in [0.1, 0.15) is 0 Å². The standard InChI is InChI=1S/C13H24N4O/c1-10(2)7-17(8-12-5-4-6-14-12)9-13-15-11(3)18-16-13/h10,12,14H,4-9H2,1-3H3. The fourth-order valence-corrected chi connectivity index (χ4v) is 2.55. The second-order valence-electron chi connectivity index (χ2n) is 5.61. The predicted octanol–water partition coefficient (Wildman–Crippen LogP) is 1.59. The Hall–Kier alpha value is -0.940. The van der Waals surface area contributed by atoms with Gasteiger partial charge in [-0.05, 0) is 25.3 Å². The van der Waals surface area contributed by atoms with Gasteiger partial charge in [-0.15, -0.1) is 0 Å². The van der Waals surface area contributed by atoms with Crippen LogP contribution in [0.25, 0.3) is 0 Å². The fraction of sp³-hybridized carbons (Fsp3) is 0.846. The Morgan fingerprint density at radius 2 is 2.33 bits per heavy atom. The Kier molecular flexibility index (Phi) is 4.72. The molecule has 1 aromatic rings. The molecule has 0 radical (unpaired) electrons. The molecule has 1 aromatic heterocycles. The molecule has 0 bridgehead atoms. The number of aromatic nitrogens is 2. The zero-order valence-electron chi connectivity index (χ0n) is 11.6. The topological polar surface area (TPSA) is 54.2 Å². The van der Waals surface area contributed by atoms with Crippen molar-refractivity contribution in [3.63, 3.8) is 0 Å². The Balaban J connectivity index is 1.91. The molecule has 1 N–H and O–H groups in total. The van der Waals surface area contributed by atoms with Gasteiger partial charge < -0.3 is 9.84 Å². The van der Waals surface area contributed by atoms with Crippen LogP contribution in [-0.2, 0) is 6.54 Å². The smallest absolute Gasteiger partial charge is 0.223 e. The lowest BCUT2D eigenvalue weighted by molar-refractivity contribution is 0.208. The molecule has 5 nitrogen and oxygen atoms in total. The Morgan fingerprint density at radius 3 is 2.89 bits per heavy atom. The van der Waals surface area contributed by atoms with Gasteiger partial charge in [0.25, 0.3) is 0 Å². The lowest BCUT2D eigenvalue weighted by atomic mass is 10.1. The van der Waals surface area contributed by atoms with Crippen LogP contribution in [0.1, 0.15) is 38.4 Å². The predicted molar refractivity (Wildman–Crippen MR) is 70.2 cm³/mol. The molecule has 1 aliphatic heterocycles. The van der Waals surface area contributed by atoms with E-state index in [-0.39, 0.29) is 0 Å². The van der Waals surface area contributed by atoms with Gasteiger partial charge in [-0.2, -0.15) is 4.98 Å². The highest BCUT2D eigenvalue weighted by atomic mass is 16.5. The molecule has 0 amide bonds. The van der Waals surface area contributed by atoms with Crippen molar-refractivity contribution in [3.05, 3.63) is 11.7 Å². The van der Waals surface area contributed by atoms with Crippen LogP contribution in [0.5, 0.6) is 0 Å². The lowest BCUT2D eigenvalue weighted by Crippen LogP contribution is -2.39. The first-order chi connectivity index (χ1) is 8.63. The number of nitrogens with one attached hydrogen (secondary N) is 1. The molecule has 1 fully saturated rings. The molecule has 5 heteroatoms. The van der Waals surface area contributed by atoms with Crippen LogP contribution in [0, 0.1) is 12.8 Å². The van der Waals surface area contributed by atoms with Gasteiger partial charge in [-0.25, -0.2) is 0 Å². The molecule has 0 aliphatic carbocycles. The molecule has 2 rings (SSSR count). The maximum Gasteiger partial charge on any atom is 0.223 e. The van der Waals surface area contributed by atoms with E-state index in [1.54, 1.807) is 0 Å². The van der Waals surface area contributed by atoms with Crippen molar-refractivity contribution in [2.45, 2.75) is 46.2 Å². The second-order valence-corrected chi connectivity index (χ2v) is 5.61. The molecule has 0 saturated carbocycles. The number of hydrogen-bond donors (Lipinski definition) is 1. The van der Waals surface area contributed by atoms with Crippen LogP contribution in [0.2, 0.25) is 0 Å². The van der Waals surface area contributed by atoms with Crippen molar-refractivity contribution < 1.29 is 4.52 Å². The van der Waals surface area contributed by atoms with Gasteiger partial charge in [-0.1, -0.05) is 19.0 Å². The Bertz CT molecular complexity index is 358. The van der Waals surface area contributed by atoms with Crippen molar-refractivity contribution in [1.29, 1.82) is 0 Å². The van der Waals surface area contributed by atoms with E-state index in [9.17, 15) is 0 Å². The van der Waals surface area contributed by atoms with E-state index in [2.05, 4.69) is 34.2 Å². The zero-order valence-corrected chi connectivity index (χ0v) is 11.6.